The average molecular weight is 848 g/mol. The van der Waals surface area contributed by atoms with E-state index in [0.29, 0.717) is 4.90 Å². The Hall–Kier alpha value is -5.31. The molecule has 320 valence electrons. The molecule has 11 atom stereocenters. The zero-order valence-corrected chi connectivity index (χ0v) is 34.0. The number of amides is 1. The van der Waals surface area contributed by atoms with E-state index in [1.807, 2.05) is 42.5 Å². The lowest BCUT2D eigenvalue weighted by Gasteiger charge is -2.55. The number of esters is 7. The monoisotopic (exact) mass is 847 g/mol. The molecule has 1 N–H and O–H groups in total. The van der Waals surface area contributed by atoms with Crippen LogP contribution in [0, 0.1) is 0 Å². The van der Waals surface area contributed by atoms with E-state index in [0.717, 1.165) is 64.1 Å². The summed E-state index contributed by atoms with van der Waals surface area (Å²) < 4.78 is 58.3. The minimum absolute atomic E-state index is 0.436. The number of fused-ring (bicyclic) bond motifs is 2. The van der Waals surface area contributed by atoms with Gasteiger partial charge in [-0.1, -0.05) is 42.1 Å². The number of hydrogen-bond acceptors (Lipinski definition) is 19. The Kier molecular flexibility index (Phi) is 14.6. The number of thioether (sulfide) groups is 1. The normalized spacial score (nSPS) is 28.4. The summed E-state index contributed by atoms with van der Waals surface area (Å²) in [5, 5.41) is 4.44. The third-order valence-electron chi connectivity index (χ3n) is 9.20. The van der Waals surface area contributed by atoms with E-state index in [2.05, 4.69) is 5.32 Å². The predicted octanol–water partition coefficient (Wildman–Crippen LogP) is 1.81. The molecule has 1 spiro atoms. The van der Waals surface area contributed by atoms with Crippen molar-refractivity contribution >= 4 is 70.2 Å². The van der Waals surface area contributed by atoms with Gasteiger partial charge in [0.2, 0.25) is 5.91 Å². The van der Waals surface area contributed by atoms with Crippen LogP contribution in [0.3, 0.4) is 0 Å². The molecule has 3 aliphatic rings. The Morgan fingerprint density at radius 3 is 2.05 bits per heavy atom. The molecule has 2 aromatic carbocycles. The molecule has 0 bridgehead atoms. The third-order valence-corrected chi connectivity index (χ3v) is 10.3. The van der Waals surface area contributed by atoms with E-state index in [-0.39, 0.29) is 0 Å². The molecule has 0 radical (unpaired) electrons. The number of hydrogen-bond donors (Lipinski definition) is 1. The van der Waals surface area contributed by atoms with Crippen LogP contribution in [0.15, 0.2) is 47.4 Å². The number of benzene rings is 2. The van der Waals surface area contributed by atoms with Crippen LogP contribution in [0.1, 0.15) is 54.9 Å². The molecule has 59 heavy (non-hydrogen) atoms. The standard InChI is InChI=1S/C39H45NO18S/c1-18(41)40-31-28(51-21(4)44)15-39(57-34(31)32(53-23(6)46)29(52-22(5)45)16-49-19(2)42)38(48)56-36-35(58-39)33(54-24(7)47)30(17-50-20(3)43)55-37(36)59-27-13-12-25-10-8-9-11-26(25)14-27/h8-14,28-37H,15-17H2,1-7H3,(H,40,41)/t28-,29?,30-,31-,32?,33+,34?,35?,36?,37+,39?/m1/s1. The fourth-order valence-corrected chi connectivity index (χ4v) is 8.23. The average Bonchev–Trinajstić information content (AvgIpc) is 3.13. The molecular weight excluding hydrogens is 802 g/mol. The summed E-state index contributed by atoms with van der Waals surface area (Å²) in [5.74, 6) is -9.51. The van der Waals surface area contributed by atoms with Gasteiger partial charge in [0, 0.05) is 53.4 Å². The van der Waals surface area contributed by atoms with Gasteiger partial charge in [-0.2, -0.15) is 0 Å². The van der Waals surface area contributed by atoms with Crippen LogP contribution in [0.4, 0.5) is 0 Å². The van der Waals surface area contributed by atoms with Gasteiger partial charge >= 0.3 is 41.8 Å². The maximum Gasteiger partial charge on any atom is 0.367 e. The van der Waals surface area contributed by atoms with Gasteiger partial charge in [-0.3, -0.25) is 33.6 Å². The van der Waals surface area contributed by atoms with Crippen molar-refractivity contribution in [3.8, 4) is 0 Å². The fourth-order valence-electron chi connectivity index (χ4n) is 7.07. The summed E-state index contributed by atoms with van der Waals surface area (Å²) in [5.41, 5.74) is -1.09. The van der Waals surface area contributed by atoms with Gasteiger partial charge in [-0.15, -0.1) is 0 Å². The summed E-state index contributed by atoms with van der Waals surface area (Å²) in [7, 11) is 0. The Bertz CT molecular complexity index is 1960. The van der Waals surface area contributed by atoms with Gasteiger partial charge in [-0.05, 0) is 22.9 Å². The highest BCUT2D eigenvalue weighted by Gasteiger charge is 2.66. The fraction of sp³-hybridized carbons (Fsp3) is 0.538. The minimum Gasteiger partial charge on any atom is -0.463 e. The van der Waals surface area contributed by atoms with Gasteiger partial charge < -0.3 is 52.7 Å². The number of carbonyl (C=O) groups excluding carboxylic acids is 8. The van der Waals surface area contributed by atoms with Crippen molar-refractivity contribution in [2.45, 2.75) is 126 Å². The minimum atomic E-state index is -2.60. The Morgan fingerprint density at radius 1 is 0.780 bits per heavy atom. The van der Waals surface area contributed by atoms with Gasteiger partial charge in [0.15, 0.2) is 24.4 Å². The van der Waals surface area contributed by atoms with Crippen LogP contribution in [0.25, 0.3) is 10.8 Å². The van der Waals surface area contributed by atoms with E-state index < -0.39 is 133 Å². The molecule has 5 rings (SSSR count). The van der Waals surface area contributed by atoms with Crippen molar-refractivity contribution in [2.24, 2.45) is 0 Å². The number of carbonyl (C=O) groups is 8. The zero-order chi connectivity index (χ0) is 43.2. The molecule has 3 heterocycles. The van der Waals surface area contributed by atoms with Crippen molar-refractivity contribution in [2.75, 3.05) is 13.2 Å². The Labute approximate surface area is 342 Å². The molecule has 0 aliphatic carbocycles. The Morgan fingerprint density at radius 2 is 1.44 bits per heavy atom. The van der Waals surface area contributed by atoms with Gasteiger partial charge in [0.1, 0.15) is 43.1 Å². The predicted molar refractivity (Wildman–Crippen MR) is 199 cm³/mol. The first kappa shape index (κ1) is 44.8. The zero-order valence-electron chi connectivity index (χ0n) is 33.2. The second-order valence-electron chi connectivity index (χ2n) is 13.9. The lowest BCUT2D eigenvalue weighted by molar-refractivity contribution is -0.375. The van der Waals surface area contributed by atoms with Crippen LogP contribution in [0.5, 0.6) is 0 Å². The van der Waals surface area contributed by atoms with Crippen LogP contribution < -0.4 is 5.32 Å². The van der Waals surface area contributed by atoms with Crippen molar-refractivity contribution < 1.29 is 85.7 Å². The van der Waals surface area contributed by atoms with Crippen LogP contribution in [-0.2, 0) is 85.7 Å². The van der Waals surface area contributed by atoms with E-state index >= 15 is 0 Å². The maximum atomic E-state index is 14.5. The second-order valence-corrected chi connectivity index (χ2v) is 15.1. The van der Waals surface area contributed by atoms with Gasteiger partial charge in [0.25, 0.3) is 5.79 Å². The highest BCUT2D eigenvalue weighted by molar-refractivity contribution is 7.99. The van der Waals surface area contributed by atoms with Crippen molar-refractivity contribution in [3.63, 3.8) is 0 Å². The summed E-state index contributed by atoms with van der Waals surface area (Å²) in [6.45, 7) is 6.46. The van der Waals surface area contributed by atoms with E-state index in [1.165, 1.54) is 6.92 Å². The lowest BCUT2D eigenvalue weighted by atomic mass is 9.87. The SMILES string of the molecule is CC(=O)N[C@H]1C(C(OC(C)=O)C(COC(C)=O)OC(C)=O)OC2(C[C@H]1OC(C)=O)OC1C(OC2=O)[C@H](Sc2ccc3ccccc3c2)O[C@H](COC(C)=O)[C@@H]1OC(C)=O. The largest absolute Gasteiger partial charge is 0.463 e. The van der Waals surface area contributed by atoms with E-state index in [4.69, 9.17) is 47.4 Å². The van der Waals surface area contributed by atoms with Gasteiger partial charge in [0.05, 0.1) is 12.5 Å². The quantitative estimate of drug-likeness (QED) is 0.223. The molecular formula is C39H45NO18S. The first-order valence-electron chi connectivity index (χ1n) is 18.5. The lowest BCUT2D eigenvalue weighted by Crippen LogP contribution is -2.74. The number of ether oxygens (including phenoxy) is 10. The van der Waals surface area contributed by atoms with Crippen molar-refractivity contribution in [1.29, 1.82) is 0 Å². The third kappa shape index (κ3) is 11.3. The van der Waals surface area contributed by atoms with E-state index in [1.54, 1.807) is 0 Å². The summed E-state index contributed by atoms with van der Waals surface area (Å²) in [6, 6.07) is 11.7. The van der Waals surface area contributed by atoms with Gasteiger partial charge in [-0.25, -0.2) is 4.79 Å². The van der Waals surface area contributed by atoms with Crippen LogP contribution in [-0.4, -0.2) is 127 Å². The number of rotatable bonds is 13. The van der Waals surface area contributed by atoms with Crippen molar-refractivity contribution in [3.05, 3.63) is 42.5 Å². The molecule has 0 saturated carbocycles. The maximum absolute atomic E-state index is 14.5. The molecule has 3 fully saturated rings. The molecule has 20 heteroatoms. The first-order valence-corrected chi connectivity index (χ1v) is 19.3. The summed E-state index contributed by atoms with van der Waals surface area (Å²) in [6.07, 6.45) is -12.8. The topological polar surface area (TPSA) is 241 Å². The summed E-state index contributed by atoms with van der Waals surface area (Å²) >= 11 is 1.14. The second kappa shape index (κ2) is 19.2. The molecule has 3 saturated heterocycles. The highest BCUT2D eigenvalue weighted by atomic mass is 32.2. The molecule has 1 amide bonds. The molecule has 19 nitrogen and oxygen atoms in total. The van der Waals surface area contributed by atoms with Crippen LogP contribution >= 0.6 is 11.8 Å². The summed E-state index contributed by atoms with van der Waals surface area (Å²) in [4.78, 5) is 102. The van der Waals surface area contributed by atoms with E-state index in [9.17, 15) is 38.4 Å². The Balaban J connectivity index is 1.63. The smallest absolute Gasteiger partial charge is 0.367 e. The first-order chi connectivity index (χ1) is 27.8. The highest BCUT2D eigenvalue weighted by Crippen LogP contribution is 2.46. The van der Waals surface area contributed by atoms with Crippen LogP contribution in [0.2, 0.25) is 0 Å². The molecule has 6 unspecified atom stereocenters. The molecule has 3 aliphatic heterocycles. The molecule has 0 aromatic heterocycles. The number of nitrogens with one attached hydrogen (secondary N) is 1. The molecule has 2 aromatic rings. The van der Waals surface area contributed by atoms with Crippen molar-refractivity contribution in [1.82, 2.24) is 5.32 Å².